The van der Waals surface area contributed by atoms with Crippen molar-refractivity contribution in [3.05, 3.63) is 29.8 Å². The summed E-state index contributed by atoms with van der Waals surface area (Å²) in [4.78, 5) is 0. The van der Waals surface area contributed by atoms with Gasteiger partial charge in [-0.2, -0.15) is 0 Å². The second-order valence-corrected chi connectivity index (χ2v) is 2.12. The van der Waals surface area contributed by atoms with Gasteiger partial charge in [0.25, 0.3) is 0 Å². The van der Waals surface area contributed by atoms with Gasteiger partial charge < -0.3 is 5.11 Å². The monoisotopic (exact) mass is 137 g/mol. The summed E-state index contributed by atoms with van der Waals surface area (Å²) in [6, 6.07) is 6.57. The first kappa shape index (κ1) is 7.09. The van der Waals surface area contributed by atoms with Gasteiger partial charge in [-0.15, -0.1) is 0 Å². The number of aliphatic hydroxyl groups is 1. The highest BCUT2D eigenvalue weighted by Gasteiger charge is 1.92. The number of benzene rings is 1. The number of rotatable bonds is 2. The summed E-state index contributed by atoms with van der Waals surface area (Å²) >= 11 is 0. The molecule has 0 aromatic heterocycles. The summed E-state index contributed by atoms with van der Waals surface area (Å²) in [5, 5.41) is 19.2. The molecule has 1 N–H and O–H groups in total. The van der Waals surface area contributed by atoms with Crippen molar-refractivity contribution in [1.29, 1.82) is 0 Å². The van der Waals surface area contributed by atoms with Gasteiger partial charge in [-0.3, -0.25) is 5.11 Å². The predicted octanol–water partition coefficient (Wildman–Crippen LogP) is 1.37. The molecule has 0 saturated heterocycles. The van der Waals surface area contributed by atoms with Gasteiger partial charge in [-0.1, -0.05) is 12.1 Å². The Morgan fingerprint density at radius 3 is 2.80 bits per heavy atom. The van der Waals surface area contributed by atoms with Crippen molar-refractivity contribution in [2.45, 2.75) is 6.42 Å². The molecule has 0 fully saturated rings. The van der Waals surface area contributed by atoms with Crippen LogP contribution in [0.15, 0.2) is 24.3 Å². The third kappa shape index (κ3) is 1.74. The van der Waals surface area contributed by atoms with Crippen LogP contribution in [0.25, 0.3) is 0 Å². The van der Waals surface area contributed by atoms with E-state index in [1.807, 2.05) is 6.07 Å². The van der Waals surface area contributed by atoms with Gasteiger partial charge >= 0.3 is 0 Å². The summed E-state index contributed by atoms with van der Waals surface area (Å²) in [5.41, 5.74) is 0.898. The molecule has 1 radical (unpaired) electrons. The lowest BCUT2D eigenvalue weighted by Crippen LogP contribution is -1.88. The van der Waals surface area contributed by atoms with Crippen molar-refractivity contribution in [3.8, 4) is 5.75 Å². The first-order valence-corrected chi connectivity index (χ1v) is 3.20. The van der Waals surface area contributed by atoms with Crippen molar-refractivity contribution in [3.63, 3.8) is 0 Å². The van der Waals surface area contributed by atoms with Crippen molar-refractivity contribution < 1.29 is 10.2 Å². The van der Waals surface area contributed by atoms with Crippen LogP contribution in [0.4, 0.5) is 0 Å². The van der Waals surface area contributed by atoms with Crippen LogP contribution in [0.1, 0.15) is 5.56 Å². The predicted molar refractivity (Wildman–Crippen MR) is 37.4 cm³/mol. The molecule has 0 atom stereocenters. The Hall–Kier alpha value is -1.02. The second kappa shape index (κ2) is 3.22. The van der Waals surface area contributed by atoms with E-state index in [9.17, 15) is 5.11 Å². The molecule has 0 amide bonds. The molecule has 0 saturated carbocycles. The van der Waals surface area contributed by atoms with E-state index >= 15 is 0 Å². The fourth-order valence-electron chi connectivity index (χ4n) is 0.830. The fraction of sp³-hybridized carbons (Fsp3) is 0.250. The van der Waals surface area contributed by atoms with Crippen LogP contribution in [-0.2, 0) is 11.5 Å². The lowest BCUT2D eigenvalue weighted by atomic mass is 10.1. The topological polar surface area (TPSA) is 40.1 Å². The van der Waals surface area contributed by atoms with Crippen LogP contribution in [0.2, 0.25) is 0 Å². The Morgan fingerprint density at radius 1 is 1.40 bits per heavy atom. The van der Waals surface area contributed by atoms with Gasteiger partial charge in [-0.25, -0.2) is 0 Å². The molecule has 0 unspecified atom stereocenters. The minimum atomic E-state index is 0.00551. The summed E-state index contributed by atoms with van der Waals surface area (Å²) in [5.74, 6) is 0.00551. The zero-order valence-electron chi connectivity index (χ0n) is 5.58. The molecular weight excluding hydrogens is 128 g/mol. The molecule has 0 bridgehead atoms. The first-order chi connectivity index (χ1) is 4.83. The summed E-state index contributed by atoms with van der Waals surface area (Å²) in [6.07, 6.45) is 0.566. The van der Waals surface area contributed by atoms with Crippen LogP contribution in [-0.4, -0.2) is 11.7 Å². The first-order valence-electron chi connectivity index (χ1n) is 3.20. The van der Waals surface area contributed by atoms with Crippen LogP contribution in [0, 0.1) is 0 Å². The average molecular weight is 137 g/mol. The van der Waals surface area contributed by atoms with Crippen LogP contribution in [0.5, 0.6) is 5.75 Å². The lowest BCUT2D eigenvalue weighted by Gasteiger charge is -1.95. The second-order valence-electron chi connectivity index (χ2n) is 2.12. The van der Waals surface area contributed by atoms with E-state index in [0.717, 1.165) is 5.56 Å². The molecule has 0 spiro atoms. The molecule has 53 valence electrons. The van der Waals surface area contributed by atoms with Gasteiger partial charge in [0, 0.05) is 6.61 Å². The smallest absolute Gasteiger partial charge is 0.178 e. The van der Waals surface area contributed by atoms with Gasteiger partial charge in [0.1, 0.15) is 0 Å². The van der Waals surface area contributed by atoms with E-state index in [0.29, 0.717) is 6.42 Å². The van der Waals surface area contributed by atoms with Gasteiger partial charge in [0.15, 0.2) is 5.75 Å². The molecule has 0 aliphatic heterocycles. The molecule has 0 aliphatic rings. The Bertz CT molecular complexity index is 208. The summed E-state index contributed by atoms with van der Waals surface area (Å²) in [7, 11) is 0. The molecule has 2 heteroatoms. The summed E-state index contributed by atoms with van der Waals surface area (Å²) in [6.45, 7) is 0.101. The number of hydrogen-bond acceptors (Lipinski definition) is 1. The molecule has 10 heavy (non-hydrogen) atoms. The van der Waals surface area contributed by atoms with Crippen molar-refractivity contribution in [2.24, 2.45) is 0 Å². The Balaban J connectivity index is 2.75. The molecule has 0 aliphatic carbocycles. The van der Waals surface area contributed by atoms with Crippen molar-refractivity contribution >= 4 is 0 Å². The molecular formula is C8H9O2. The third-order valence-corrected chi connectivity index (χ3v) is 1.30. The zero-order valence-corrected chi connectivity index (χ0v) is 5.58. The van der Waals surface area contributed by atoms with Gasteiger partial charge in [-0.05, 0) is 24.1 Å². The Labute approximate surface area is 59.7 Å². The average Bonchev–Trinajstić information content (AvgIpc) is 1.88. The molecule has 1 rings (SSSR count). The summed E-state index contributed by atoms with van der Waals surface area (Å²) < 4.78 is 0. The number of hydrogen-bond donors (Lipinski definition) is 1. The highest BCUT2D eigenvalue weighted by Crippen LogP contribution is 2.11. The van der Waals surface area contributed by atoms with Crippen LogP contribution >= 0.6 is 0 Å². The molecule has 1 aromatic carbocycles. The normalized spacial score (nSPS) is 9.70. The standard InChI is InChI=1S/C8H9O2/c9-5-4-7-2-1-3-8(10)6-7/h1-3,6,9H,4-5H2. The maximum atomic E-state index is 10.7. The van der Waals surface area contributed by atoms with E-state index in [-0.39, 0.29) is 12.4 Å². The van der Waals surface area contributed by atoms with E-state index in [2.05, 4.69) is 0 Å². The van der Waals surface area contributed by atoms with E-state index in [4.69, 9.17) is 5.11 Å². The highest BCUT2D eigenvalue weighted by molar-refractivity contribution is 5.26. The number of aliphatic hydroxyl groups excluding tert-OH is 1. The van der Waals surface area contributed by atoms with E-state index < -0.39 is 0 Å². The maximum Gasteiger partial charge on any atom is 0.178 e. The minimum absolute atomic E-state index is 0.00551. The van der Waals surface area contributed by atoms with Crippen LogP contribution < -0.4 is 0 Å². The molecule has 1 aromatic rings. The Kier molecular flexibility index (Phi) is 2.29. The highest BCUT2D eigenvalue weighted by atomic mass is 16.3. The van der Waals surface area contributed by atoms with Gasteiger partial charge in [0.2, 0.25) is 0 Å². The van der Waals surface area contributed by atoms with Crippen molar-refractivity contribution in [2.75, 3.05) is 6.61 Å². The largest absolute Gasteiger partial charge is 0.396 e. The van der Waals surface area contributed by atoms with E-state index in [1.54, 1.807) is 6.07 Å². The zero-order chi connectivity index (χ0) is 7.40. The maximum absolute atomic E-state index is 10.7. The van der Waals surface area contributed by atoms with Crippen molar-refractivity contribution in [1.82, 2.24) is 0 Å². The SMILES string of the molecule is [O]c1cccc(CCO)c1. The molecule has 0 heterocycles. The van der Waals surface area contributed by atoms with Crippen LogP contribution in [0.3, 0.4) is 0 Å². The third-order valence-electron chi connectivity index (χ3n) is 1.30. The quantitative estimate of drug-likeness (QED) is 0.657. The minimum Gasteiger partial charge on any atom is -0.396 e. The molecule has 2 nitrogen and oxygen atoms in total. The Morgan fingerprint density at radius 2 is 2.20 bits per heavy atom. The fourth-order valence-corrected chi connectivity index (χ4v) is 0.830. The van der Waals surface area contributed by atoms with Gasteiger partial charge in [0.05, 0.1) is 0 Å². The lowest BCUT2D eigenvalue weighted by molar-refractivity contribution is 0.299. The van der Waals surface area contributed by atoms with E-state index in [1.165, 1.54) is 12.1 Å².